The van der Waals surface area contributed by atoms with Gasteiger partial charge in [0.25, 0.3) is 0 Å². The third-order valence-electron chi connectivity index (χ3n) is 3.19. The van der Waals surface area contributed by atoms with Gasteiger partial charge >= 0.3 is 0 Å². The summed E-state index contributed by atoms with van der Waals surface area (Å²) in [5.41, 5.74) is 2.15. The van der Waals surface area contributed by atoms with Crippen LogP contribution >= 0.6 is 15.9 Å². The lowest BCUT2D eigenvalue weighted by molar-refractivity contribution is 0.552. The van der Waals surface area contributed by atoms with Crippen molar-refractivity contribution >= 4 is 15.9 Å². The molecule has 1 N–H and O–H groups in total. The second-order valence-electron chi connectivity index (χ2n) is 4.55. The summed E-state index contributed by atoms with van der Waals surface area (Å²) < 4.78 is 16.2. The van der Waals surface area contributed by atoms with Gasteiger partial charge in [0.2, 0.25) is 0 Å². The fourth-order valence-electron chi connectivity index (χ4n) is 2.23. The number of nitrogens with zero attached hydrogens (tertiary/aromatic N) is 1. The average molecular weight is 325 g/mol. The summed E-state index contributed by atoms with van der Waals surface area (Å²) in [4.78, 5) is 0. The van der Waals surface area contributed by atoms with E-state index in [0.29, 0.717) is 11.0 Å². The van der Waals surface area contributed by atoms with Crippen LogP contribution in [0.5, 0.6) is 0 Å². The van der Waals surface area contributed by atoms with Crippen molar-refractivity contribution in [2.75, 3.05) is 6.54 Å². The quantitative estimate of drug-likeness (QED) is 0.875. The molecule has 1 heterocycles. The molecule has 0 bridgehead atoms. The van der Waals surface area contributed by atoms with Gasteiger partial charge in [-0.3, -0.25) is 0 Å². The molecule has 0 amide bonds. The molecular formula is C15H18BrFN2. The smallest absolute Gasteiger partial charge is 0.137 e. The number of benzene rings is 1. The SMILES string of the molecule is CCNC(C)c1cccn1Cc1cccc(F)c1Br. The molecule has 2 aromatic rings. The molecule has 0 spiro atoms. The van der Waals surface area contributed by atoms with E-state index in [9.17, 15) is 4.39 Å². The molecule has 2 rings (SSSR count). The minimum absolute atomic E-state index is 0.217. The summed E-state index contributed by atoms with van der Waals surface area (Å²) in [5, 5.41) is 3.39. The van der Waals surface area contributed by atoms with Crippen molar-refractivity contribution in [1.29, 1.82) is 0 Å². The molecule has 0 saturated carbocycles. The summed E-state index contributed by atoms with van der Waals surface area (Å²) in [5.74, 6) is -0.217. The average Bonchev–Trinajstić information content (AvgIpc) is 2.83. The lowest BCUT2D eigenvalue weighted by Crippen LogP contribution is -2.20. The van der Waals surface area contributed by atoms with E-state index < -0.39 is 0 Å². The summed E-state index contributed by atoms with van der Waals surface area (Å²) in [7, 11) is 0. The van der Waals surface area contributed by atoms with E-state index in [1.165, 1.54) is 11.8 Å². The first-order valence-corrected chi connectivity index (χ1v) is 7.24. The number of hydrogen-bond donors (Lipinski definition) is 1. The number of rotatable bonds is 5. The van der Waals surface area contributed by atoms with Gasteiger partial charge in [-0.1, -0.05) is 19.1 Å². The number of nitrogens with one attached hydrogen (secondary N) is 1. The highest BCUT2D eigenvalue weighted by Gasteiger charge is 2.11. The van der Waals surface area contributed by atoms with Crippen molar-refractivity contribution < 1.29 is 4.39 Å². The minimum atomic E-state index is -0.217. The molecule has 0 fully saturated rings. The van der Waals surface area contributed by atoms with E-state index in [-0.39, 0.29) is 11.9 Å². The highest BCUT2D eigenvalue weighted by molar-refractivity contribution is 9.10. The van der Waals surface area contributed by atoms with Gasteiger partial charge in [0.1, 0.15) is 5.82 Å². The Kier molecular flexibility index (Phi) is 4.77. The molecule has 2 nitrogen and oxygen atoms in total. The third kappa shape index (κ3) is 3.25. The first-order valence-electron chi connectivity index (χ1n) is 6.44. The Morgan fingerprint density at radius 2 is 2.11 bits per heavy atom. The number of aromatic nitrogens is 1. The van der Waals surface area contributed by atoms with Crippen molar-refractivity contribution in [2.45, 2.75) is 26.4 Å². The Morgan fingerprint density at radius 3 is 2.84 bits per heavy atom. The molecule has 1 atom stereocenters. The van der Waals surface area contributed by atoms with E-state index in [1.807, 2.05) is 18.3 Å². The zero-order valence-corrected chi connectivity index (χ0v) is 12.7. The van der Waals surface area contributed by atoms with Crippen LogP contribution in [0.3, 0.4) is 0 Å². The molecule has 0 aliphatic heterocycles. The molecule has 0 aliphatic rings. The molecule has 0 aliphatic carbocycles. The van der Waals surface area contributed by atoms with Gasteiger partial charge < -0.3 is 9.88 Å². The minimum Gasteiger partial charge on any atom is -0.346 e. The first kappa shape index (κ1) is 14.3. The largest absolute Gasteiger partial charge is 0.346 e. The monoisotopic (exact) mass is 324 g/mol. The lowest BCUT2D eigenvalue weighted by atomic mass is 10.2. The molecule has 4 heteroatoms. The Labute approximate surface area is 121 Å². The molecule has 1 aromatic heterocycles. The predicted molar refractivity (Wildman–Crippen MR) is 79.7 cm³/mol. The van der Waals surface area contributed by atoms with Crippen LogP contribution in [0.4, 0.5) is 4.39 Å². The Bertz CT molecular complexity index is 551. The van der Waals surface area contributed by atoms with Crippen molar-refractivity contribution in [3.63, 3.8) is 0 Å². The van der Waals surface area contributed by atoms with Crippen molar-refractivity contribution in [3.8, 4) is 0 Å². The van der Waals surface area contributed by atoms with Crippen LogP contribution in [0.25, 0.3) is 0 Å². The maximum atomic E-state index is 13.5. The topological polar surface area (TPSA) is 17.0 Å². The third-order valence-corrected chi connectivity index (χ3v) is 4.08. The Morgan fingerprint density at radius 1 is 1.32 bits per heavy atom. The van der Waals surface area contributed by atoms with E-state index in [4.69, 9.17) is 0 Å². The van der Waals surface area contributed by atoms with Crippen LogP contribution in [0.1, 0.15) is 31.1 Å². The highest BCUT2D eigenvalue weighted by Crippen LogP contribution is 2.23. The van der Waals surface area contributed by atoms with Crippen molar-refractivity contribution in [2.24, 2.45) is 0 Å². The molecule has 1 aromatic carbocycles. The lowest BCUT2D eigenvalue weighted by Gasteiger charge is -2.17. The molecule has 0 saturated heterocycles. The van der Waals surface area contributed by atoms with Crippen LogP contribution in [-0.4, -0.2) is 11.1 Å². The van der Waals surface area contributed by atoms with Gasteiger partial charge in [-0.15, -0.1) is 0 Å². The summed E-state index contributed by atoms with van der Waals surface area (Å²) in [6.07, 6.45) is 2.03. The van der Waals surface area contributed by atoms with Crippen LogP contribution < -0.4 is 5.32 Å². The van der Waals surface area contributed by atoms with Crippen LogP contribution in [-0.2, 0) is 6.54 Å². The number of hydrogen-bond acceptors (Lipinski definition) is 1. The standard InChI is InChI=1S/C15H18BrFN2/c1-3-18-11(2)14-8-5-9-19(14)10-12-6-4-7-13(17)15(12)16/h4-9,11,18H,3,10H2,1-2H3. The van der Waals surface area contributed by atoms with E-state index in [2.05, 4.69) is 45.7 Å². The molecule has 102 valence electrons. The van der Waals surface area contributed by atoms with Crippen LogP contribution in [0.2, 0.25) is 0 Å². The predicted octanol–water partition coefficient (Wildman–Crippen LogP) is 4.11. The Balaban J connectivity index is 2.24. The molecular weight excluding hydrogens is 307 g/mol. The number of halogens is 2. The zero-order valence-electron chi connectivity index (χ0n) is 11.2. The summed E-state index contributed by atoms with van der Waals surface area (Å²) >= 11 is 3.31. The van der Waals surface area contributed by atoms with Crippen LogP contribution in [0, 0.1) is 5.82 Å². The second-order valence-corrected chi connectivity index (χ2v) is 5.35. The van der Waals surface area contributed by atoms with Crippen molar-refractivity contribution in [3.05, 3.63) is 58.1 Å². The van der Waals surface area contributed by atoms with Gasteiger partial charge in [-0.25, -0.2) is 4.39 Å². The Hall–Kier alpha value is -1.13. The van der Waals surface area contributed by atoms with E-state index in [0.717, 1.165) is 12.1 Å². The maximum absolute atomic E-state index is 13.5. The van der Waals surface area contributed by atoms with Gasteiger partial charge in [0, 0.05) is 24.5 Å². The fraction of sp³-hybridized carbons (Fsp3) is 0.333. The summed E-state index contributed by atoms with van der Waals surface area (Å²) in [6.45, 7) is 5.81. The zero-order chi connectivity index (χ0) is 13.8. The van der Waals surface area contributed by atoms with Gasteiger partial charge in [-0.05, 0) is 53.2 Å². The van der Waals surface area contributed by atoms with Gasteiger partial charge in [0.05, 0.1) is 4.47 Å². The van der Waals surface area contributed by atoms with Gasteiger partial charge in [0.15, 0.2) is 0 Å². The van der Waals surface area contributed by atoms with Crippen molar-refractivity contribution in [1.82, 2.24) is 9.88 Å². The first-order chi connectivity index (χ1) is 9.13. The molecule has 19 heavy (non-hydrogen) atoms. The normalized spacial score (nSPS) is 12.6. The highest BCUT2D eigenvalue weighted by atomic mass is 79.9. The maximum Gasteiger partial charge on any atom is 0.137 e. The fourth-order valence-corrected chi connectivity index (χ4v) is 2.62. The van der Waals surface area contributed by atoms with Gasteiger partial charge in [-0.2, -0.15) is 0 Å². The van der Waals surface area contributed by atoms with E-state index >= 15 is 0 Å². The second kappa shape index (κ2) is 6.35. The van der Waals surface area contributed by atoms with Crippen LogP contribution in [0.15, 0.2) is 41.0 Å². The van der Waals surface area contributed by atoms with E-state index in [1.54, 1.807) is 6.07 Å². The molecule has 0 radical (unpaired) electrons. The summed E-state index contributed by atoms with van der Waals surface area (Å²) in [6, 6.07) is 9.55. The molecule has 1 unspecified atom stereocenters.